The molecule has 0 spiro atoms. The topological polar surface area (TPSA) is 54.3 Å². The van der Waals surface area contributed by atoms with Crippen LogP contribution in [0.15, 0.2) is 53.5 Å². The number of rotatable bonds is 5. The van der Waals surface area contributed by atoms with Gasteiger partial charge in [0.1, 0.15) is 0 Å². The fraction of sp³-hybridized carbons (Fsp3) is 0.294. The fourth-order valence-electron chi connectivity index (χ4n) is 2.25. The zero-order valence-electron chi connectivity index (χ0n) is 13.1. The third-order valence-electron chi connectivity index (χ3n) is 3.63. The molecule has 2 aromatic rings. The van der Waals surface area contributed by atoms with Crippen molar-refractivity contribution in [2.45, 2.75) is 6.04 Å². The molecule has 0 aliphatic rings. The van der Waals surface area contributed by atoms with Gasteiger partial charge in [-0.1, -0.05) is 30.3 Å². The van der Waals surface area contributed by atoms with E-state index in [9.17, 15) is 9.59 Å². The Kier molecular flexibility index (Phi) is 5.12. The molecular formula is C17H21N3O2. The molecule has 0 bridgehead atoms. The zero-order valence-corrected chi connectivity index (χ0v) is 13.1. The molecular weight excluding hydrogens is 278 g/mol. The van der Waals surface area contributed by atoms with Gasteiger partial charge in [-0.25, -0.2) is 0 Å². The first kappa shape index (κ1) is 16.0. The van der Waals surface area contributed by atoms with Crippen molar-refractivity contribution in [1.82, 2.24) is 14.8 Å². The van der Waals surface area contributed by atoms with Gasteiger partial charge in [-0.05, 0) is 25.7 Å². The molecule has 1 aromatic carbocycles. The lowest BCUT2D eigenvalue weighted by atomic mass is 10.1. The van der Waals surface area contributed by atoms with Crippen molar-refractivity contribution in [2.75, 3.05) is 20.6 Å². The Balaban J connectivity index is 2.08. The van der Waals surface area contributed by atoms with Crippen LogP contribution in [0.3, 0.4) is 0 Å². The Labute approximate surface area is 130 Å². The van der Waals surface area contributed by atoms with E-state index >= 15 is 0 Å². The summed E-state index contributed by atoms with van der Waals surface area (Å²) in [7, 11) is 5.60. The van der Waals surface area contributed by atoms with Gasteiger partial charge in [0.05, 0.1) is 6.04 Å². The van der Waals surface area contributed by atoms with Gasteiger partial charge in [0, 0.05) is 31.4 Å². The van der Waals surface area contributed by atoms with Gasteiger partial charge in [-0.3, -0.25) is 9.59 Å². The number of aromatic nitrogens is 1. The number of pyridine rings is 1. The number of aryl methyl sites for hydroxylation is 1. The van der Waals surface area contributed by atoms with E-state index < -0.39 is 0 Å². The van der Waals surface area contributed by atoms with Crippen LogP contribution in [0.25, 0.3) is 0 Å². The summed E-state index contributed by atoms with van der Waals surface area (Å²) in [4.78, 5) is 25.8. The standard InChI is InChI=1S/C17H21N3O2/c1-19(2)15(13-7-5-4-6-8-13)12-18-17(22)14-9-10-20(3)16(21)11-14/h4-11,15H,12H2,1-3H3,(H,18,22)/t15-/m1/s1. The van der Waals surface area contributed by atoms with E-state index in [0.717, 1.165) is 5.56 Å². The molecule has 0 unspecified atom stereocenters. The average Bonchev–Trinajstić information content (AvgIpc) is 2.50. The zero-order chi connectivity index (χ0) is 16.1. The van der Waals surface area contributed by atoms with Crippen LogP contribution in [0, 0.1) is 0 Å². The third kappa shape index (κ3) is 3.83. The van der Waals surface area contributed by atoms with Crippen molar-refractivity contribution in [3.05, 3.63) is 70.1 Å². The maximum absolute atomic E-state index is 12.2. The van der Waals surface area contributed by atoms with E-state index in [0.29, 0.717) is 12.1 Å². The number of carbonyl (C=O) groups is 1. The first-order valence-electron chi connectivity index (χ1n) is 7.15. The van der Waals surface area contributed by atoms with Crippen LogP contribution in [-0.4, -0.2) is 36.0 Å². The summed E-state index contributed by atoms with van der Waals surface area (Å²) in [5.41, 5.74) is 1.32. The van der Waals surface area contributed by atoms with Crippen molar-refractivity contribution in [2.24, 2.45) is 7.05 Å². The normalized spacial score (nSPS) is 12.2. The molecule has 0 aliphatic carbocycles. The first-order chi connectivity index (χ1) is 10.5. The predicted octanol–water partition coefficient (Wildman–Crippen LogP) is 1.42. The molecule has 1 atom stereocenters. The molecule has 0 saturated heterocycles. The number of carbonyl (C=O) groups excluding carboxylic acids is 1. The maximum Gasteiger partial charge on any atom is 0.251 e. The first-order valence-corrected chi connectivity index (χ1v) is 7.15. The molecule has 1 aromatic heterocycles. The summed E-state index contributed by atoms with van der Waals surface area (Å²) in [6.07, 6.45) is 1.60. The average molecular weight is 299 g/mol. The van der Waals surface area contributed by atoms with Crippen molar-refractivity contribution < 1.29 is 4.79 Å². The monoisotopic (exact) mass is 299 g/mol. The quantitative estimate of drug-likeness (QED) is 0.908. The highest BCUT2D eigenvalue weighted by Crippen LogP contribution is 2.16. The van der Waals surface area contributed by atoms with Gasteiger partial charge < -0.3 is 14.8 Å². The Morgan fingerprint density at radius 2 is 1.91 bits per heavy atom. The second-order valence-corrected chi connectivity index (χ2v) is 5.46. The summed E-state index contributed by atoms with van der Waals surface area (Å²) in [6.45, 7) is 0.477. The predicted molar refractivity (Wildman–Crippen MR) is 86.9 cm³/mol. The minimum Gasteiger partial charge on any atom is -0.350 e. The molecule has 22 heavy (non-hydrogen) atoms. The summed E-state index contributed by atoms with van der Waals surface area (Å²) >= 11 is 0. The van der Waals surface area contributed by atoms with Gasteiger partial charge in [-0.15, -0.1) is 0 Å². The van der Waals surface area contributed by atoms with Crippen LogP contribution in [0.1, 0.15) is 22.0 Å². The van der Waals surface area contributed by atoms with Crippen LogP contribution in [0.4, 0.5) is 0 Å². The Morgan fingerprint density at radius 3 is 2.50 bits per heavy atom. The van der Waals surface area contributed by atoms with Crippen LogP contribution >= 0.6 is 0 Å². The molecule has 1 N–H and O–H groups in total. The van der Waals surface area contributed by atoms with Crippen molar-refractivity contribution >= 4 is 5.91 Å². The summed E-state index contributed by atoms with van der Waals surface area (Å²) in [5.74, 6) is -0.236. The number of benzene rings is 1. The number of nitrogens with zero attached hydrogens (tertiary/aromatic N) is 2. The Bertz CT molecular complexity index is 693. The van der Waals surface area contributed by atoms with E-state index in [1.807, 2.05) is 44.4 Å². The number of amides is 1. The van der Waals surface area contributed by atoms with Gasteiger partial charge in [0.2, 0.25) is 0 Å². The molecule has 0 radical (unpaired) electrons. The molecule has 0 aliphatic heterocycles. The van der Waals surface area contributed by atoms with Gasteiger partial charge >= 0.3 is 0 Å². The van der Waals surface area contributed by atoms with E-state index in [-0.39, 0.29) is 17.5 Å². The van der Waals surface area contributed by atoms with E-state index in [1.165, 1.54) is 10.6 Å². The van der Waals surface area contributed by atoms with Crippen molar-refractivity contribution in [3.63, 3.8) is 0 Å². The van der Waals surface area contributed by atoms with E-state index in [4.69, 9.17) is 0 Å². The second-order valence-electron chi connectivity index (χ2n) is 5.46. The lowest BCUT2D eigenvalue weighted by Crippen LogP contribution is -2.35. The molecule has 5 heteroatoms. The van der Waals surface area contributed by atoms with Crippen LogP contribution < -0.4 is 10.9 Å². The summed E-state index contributed by atoms with van der Waals surface area (Å²) in [6, 6.07) is 13.1. The highest BCUT2D eigenvalue weighted by atomic mass is 16.2. The number of hydrogen-bond acceptors (Lipinski definition) is 3. The number of likely N-dealkylation sites (N-methyl/N-ethyl adjacent to an activating group) is 1. The molecule has 116 valence electrons. The van der Waals surface area contributed by atoms with E-state index in [2.05, 4.69) is 10.2 Å². The maximum atomic E-state index is 12.2. The molecule has 2 rings (SSSR count). The van der Waals surface area contributed by atoms with Gasteiger partial charge in [-0.2, -0.15) is 0 Å². The van der Waals surface area contributed by atoms with Gasteiger partial charge in [0.25, 0.3) is 11.5 Å². The Hall–Kier alpha value is -2.40. The highest BCUT2D eigenvalue weighted by molar-refractivity contribution is 5.93. The summed E-state index contributed by atoms with van der Waals surface area (Å²) < 4.78 is 1.43. The Morgan fingerprint density at radius 1 is 1.23 bits per heavy atom. The largest absolute Gasteiger partial charge is 0.350 e. The molecule has 5 nitrogen and oxygen atoms in total. The fourth-order valence-corrected chi connectivity index (χ4v) is 2.25. The highest BCUT2D eigenvalue weighted by Gasteiger charge is 2.15. The lowest BCUT2D eigenvalue weighted by molar-refractivity contribution is 0.0941. The lowest BCUT2D eigenvalue weighted by Gasteiger charge is -2.25. The van der Waals surface area contributed by atoms with Crippen LogP contribution in [-0.2, 0) is 7.05 Å². The molecule has 1 amide bonds. The smallest absolute Gasteiger partial charge is 0.251 e. The van der Waals surface area contributed by atoms with Crippen molar-refractivity contribution in [1.29, 1.82) is 0 Å². The molecule has 0 saturated carbocycles. The SMILES string of the molecule is CN(C)[C@H](CNC(=O)c1ccn(C)c(=O)c1)c1ccccc1. The summed E-state index contributed by atoms with van der Waals surface area (Å²) in [5, 5.41) is 2.90. The third-order valence-corrected chi connectivity index (χ3v) is 3.63. The number of hydrogen-bond donors (Lipinski definition) is 1. The second kappa shape index (κ2) is 7.04. The minimum atomic E-state index is -0.236. The van der Waals surface area contributed by atoms with Crippen LogP contribution in [0.2, 0.25) is 0 Å². The minimum absolute atomic E-state index is 0.0803. The van der Waals surface area contributed by atoms with Gasteiger partial charge in [0.15, 0.2) is 0 Å². The van der Waals surface area contributed by atoms with Crippen LogP contribution in [0.5, 0.6) is 0 Å². The van der Waals surface area contributed by atoms with Crippen molar-refractivity contribution in [3.8, 4) is 0 Å². The number of nitrogens with one attached hydrogen (secondary N) is 1. The molecule has 0 fully saturated rings. The molecule has 1 heterocycles. The van der Waals surface area contributed by atoms with E-state index in [1.54, 1.807) is 19.3 Å².